The molecule has 2 heterocycles. The van der Waals surface area contributed by atoms with Gasteiger partial charge in [-0.3, -0.25) is 14.6 Å². The molecule has 25 heavy (non-hydrogen) atoms. The van der Waals surface area contributed by atoms with Crippen molar-refractivity contribution in [2.24, 2.45) is 0 Å². The van der Waals surface area contributed by atoms with Crippen molar-refractivity contribution >= 4 is 34.2 Å². The highest BCUT2D eigenvalue weighted by atomic mass is 32.1. The standard InChI is InChI=1S/C16H17FN4O3S/c1-3-11-8-21(16(23)24-11)10-5-6-12(13(17)7-10)14(22)20(4-2)15-19-18-9-25-15/h5-7,9,11H,3-4,8H2,1-2H3/t11-/m0/s1. The van der Waals surface area contributed by atoms with Gasteiger partial charge in [-0.2, -0.15) is 0 Å². The minimum absolute atomic E-state index is 0.0830. The highest BCUT2D eigenvalue weighted by molar-refractivity contribution is 7.13. The van der Waals surface area contributed by atoms with Gasteiger partial charge in [-0.15, -0.1) is 10.2 Å². The van der Waals surface area contributed by atoms with Crippen LogP contribution in [0.15, 0.2) is 23.7 Å². The van der Waals surface area contributed by atoms with Crippen LogP contribution in [0, 0.1) is 5.82 Å². The molecule has 2 amide bonds. The van der Waals surface area contributed by atoms with Gasteiger partial charge in [-0.05, 0) is 31.5 Å². The number of anilines is 2. The van der Waals surface area contributed by atoms with Gasteiger partial charge < -0.3 is 4.74 Å². The molecule has 1 saturated heterocycles. The fourth-order valence-corrected chi connectivity index (χ4v) is 3.21. The summed E-state index contributed by atoms with van der Waals surface area (Å²) < 4.78 is 19.7. The predicted octanol–water partition coefficient (Wildman–Crippen LogP) is 3.08. The molecule has 0 N–H and O–H groups in total. The van der Waals surface area contributed by atoms with Gasteiger partial charge in [-0.25, -0.2) is 9.18 Å². The molecule has 0 saturated carbocycles. The Labute approximate surface area is 148 Å². The molecule has 0 unspecified atom stereocenters. The summed E-state index contributed by atoms with van der Waals surface area (Å²) in [5.41, 5.74) is 1.79. The third kappa shape index (κ3) is 3.32. The molecular weight excluding hydrogens is 347 g/mol. The van der Waals surface area contributed by atoms with Crippen molar-refractivity contribution in [1.29, 1.82) is 0 Å². The molecule has 1 aromatic heterocycles. The molecule has 7 nitrogen and oxygen atoms in total. The second-order valence-electron chi connectivity index (χ2n) is 5.46. The lowest BCUT2D eigenvalue weighted by Crippen LogP contribution is -2.31. The summed E-state index contributed by atoms with van der Waals surface area (Å²) in [6, 6.07) is 4.10. The first kappa shape index (κ1) is 17.3. The highest BCUT2D eigenvalue weighted by Gasteiger charge is 2.32. The van der Waals surface area contributed by atoms with Crippen molar-refractivity contribution in [3.8, 4) is 0 Å². The summed E-state index contributed by atoms with van der Waals surface area (Å²) in [4.78, 5) is 27.2. The van der Waals surface area contributed by atoms with Gasteiger partial charge in [-0.1, -0.05) is 18.3 Å². The van der Waals surface area contributed by atoms with Crippen molar-refractivity contribution in [2.45, 2.75) is 26.4 Å². The number of benzene rings is 1. The van der Waals surface area contributed by atoms with Crippen LogP contribution in [0.25, 0.3) is 0 Å². The lowest BCUT2D eigenvalue weighted by atomic mass is 10.1. The number of nitrogens with zero attached hydrogens (tertiary/aromatic N) is 4. The third-order valence-electron chi connectivity index (χ3n) is 3.96. The van der Waals surface area contributed by atoms with Crippen molar-refractivity contribution in [3.05, 3.63) is 35.1 Å². The lowest BCUT2D eigenvalue weighted by molar-refractivity contribution is 0.0984. The molecule has 2 aromatic rings. The van der Waals surface area contributed by atoms with Crippen LogP contribution in [-0.2, 0) is 4.74 Å². The van der Waals surface area contributed by atoms with Gasteiger partial charge in [0.25, 0.3) is 5.91 Å². The molecule has 1 aliphatic heterocycles. The van der Waals surface area contributed by atoms with Crippen LogP contribution >= 0.6 is 11.3 Å². The van der Waals surface area contributed by atoms with E-state index >= 15 is 0 Å². The lowest BCUT2D eigenvalue weighted by Gasteiger charge is -2.18. The number of rotatable bonds is 5. The summed E-state index contributed by atoms with van der Waals surface area (Å²) in [5.74, 6) is -1.20. The fraction of sp³-hybridized carbons (Fsp3) is 0.375. The number of halogens is 1. The maximum absolute atomic E-state index is 14.5. The Bertz CT molecular complexity index is 784. The molecule has 1 atom stereocenters. The monoisotopic (exact) mass is 364 g/mol. The molecule has 132 valence electrons. The number of amides is 2. The number of aromatic nitrogens is 2. The fourth-order valence-electron chi connectivity index (χ4n) is 2.59. The van der Waals surface area contributed by atoms with Crippen molar-refractivity contribution in [1.82, 2.24) is 10.2 Å². The second kappa shape index (κ2) is 7.14. The van der Waals surface area contributed by atoms with Gasteiger partial charge in [0.1, 0.15) is 17.4 Å². The number of hydrogen-bond acceptors (Lipinski definition) is 6. The normalized spacial score (nSPS) is 16.8. The van der Waals surface area contributed by atoms with Crippen LogP contribution in [-0.4, -0.2) is 41.4 Å². The van der Waals surface area contributed by atoms with E-state index in [1.165, 1.54) is 38.8 Å². The van der Waals surface area contributed by atoms with Crippen LogP contribution in [0.5, 0.6) is 0 Å². The zero-order valence-electron chi connectivity index (χ0n) is 13.8. The van der Waals surface area contributed by atoms with Gasteiger partial charge in [0.2, 0.25) is 5.13 Å². The quantitative estimate of drug-likeness (QED) is 0.815. The molecule has 0 bridgehead atoms. The van der Waals surface area contributed by atoms with E-state index in [0.29, 0.717) is 30.3 Å². The maximum atomic E-state index is 14.5. The molecule has 0 radical (unpaired) electrons. The van der Waals surface area contributed by atoms with Crippen LogP contribution in [0.3, 0.4) is 0 Å². The Hall–Kier alpha value is -2.55. The van der Waals surface area contributed by atoms with E-state index in [9.17, 15) is 14.0 Å². The summed E-state index contributed by atoms with van der Waals surface area (Å²) in [6.45, 7) is 4.40. The van der Waals surface area contributed by atoms with Crippen molar-refractivity contribution in [3.63, 3.8) is 0 Å². The minimum Gasteiger partial charge on any atom is -0.444 e. The van der Waals surface area contributed by atoms with Gasteiger partial charge >= 0.3 is 6.09 Å². The van der Waals surface area contributed by atoms with Gasteiger partial charge in [0, 0.05) is 6.54 Å². The Balaban J connectivity index is 1.85. The second-order valence-corrected chi connectivity index (χ2v) is 6.27. The highest BCUT2D eigenvalue weighted by Crippen LogP contribution is 2.26. The Morgan fingerprint density at radius 1 is 1.48 bits per heavy atom. The SMILES string of the molecule is CC[C@H]1CN(c2ccc(C(=O)N(CC)c3nncs3)c(F)c2)C(=O)O1. The molecule has 1 aromatic carbocycles. The summed E-state index contributed by atoms with van der Waals surface area (Å²) in [6.07, 6.45) is -0.0200. The number of hydrogen-bond donors (Lipinski definition) is 0. The van der Waals surface area contributed by atoms with Crippen LogP contribution in [0.2, 0.25) is 0 Å². The number of ether oxygens (including phenoxy) is 1. The van der Waals surface area contributed by atoms with E-state index in [1.807, 2.05) is 6.92 Å². The van der Waals surface area contributed by atoms with E-state index in [-0.39, 0.29) is 11.7 Å². The Morgan fingerprint density at radius 3 is 2.84 bits per heavy atom. The third-order valence-corrected chi connectivity index (χ3v) is 4.68. The Morgan fingerprint density at radius 2 is 2.28 bits per heavy atom. The number of cyclic esters (lactones) is 1. The van der Waals surface area contributed by atoms with Crippen molar-refractivity contribution in [2.75, 3.05) is 22.9 Å². The summed E-state index contributed by atoms with van der Waals surface area (Å²) in [7, 11) is 0. The molecule has 1 fully saturated rings. The van der Waals surface area contributed by atoms with E-state index in [1.54, 1.807) is 13.0 Å². The largest absolute Gasteiger partial charge is 0.444 e. The zero-order valence-corrected chi connectivity index (χ0v) is 14.6. The van der Waals surface area contributed by atoms with Crippen LogP contribution in [0.1, 0.15) is 30.6 Å². The molecule has 1 aliphatic rings. The maximum Gasteiger partial charge on any atom is 0.414 e. The van der Waals surface area contributed by atoms with E-state index in [0.717, 1.165) is 0 Å². The first-order valence-corrected chi connectivity index (χ1v) is 8.78. The van der Waals surface area contributed by atoms with E-state index in [2.05, 4.69) is 10.2 Å². The summed E-state index contributed by atoms with van der Waals surface area (Å²) >= 11 is 1.20. The zero-order chi connectivity index (χ0) is 18.0. The topological polar surface area (TPSA) is 75.6 Å². The minimum atomic E-state index is -0.696. The van der Waals surface area contributed by atoms with Gasteiger partial charge in [0.15, 0.2) is 0 Å². The summed E-state index contributed by atoms with van der Waals surface area (Å²) in [5, 5.41) is 7.96. The molecular formula is C16H17FN4O3S. The van der Waals surface area contributed by atoms with E-state index in [4.69, 9.17) is 4.74 Å². The first-order chi connectivity index (χ1) is 12.0. The first-order valence-electron chi connectivity index (χ1n) is 7.90. The number of carbonyl (C=O) groups excluding carboxylic acids is 2. The molecule has 3 rings (SSSR count). The predicted molar refractivity (Wildman–Crippen MR) is 91.6 cm³/mol. The van der Waals surface area contributed by atoms with Gasteiger partial charge in [0.05, 0.1) is 17.8 Å². The van der Waals surface area contributed by atoms with E-state index < -0.39 is 17.8 Å². The average Bonchev–Trinajstić information content (AvgIpc) is 3.25. The van der Waals surface area contributed by atoms with Crippen molar-refractivity contribution < 1.29 is 18.7 Å². The molecule has 0 aliphatic carbocycles. The molecule has 9 heteroatoms. The number of carbonyl (C=O) groups is 2. The Kier molecular flexibility index (Phi) is 4.93. The van der Waals surface area contributed by atoms with Crippen LogP contribution in [0.4, 0.5) is 20.0 Å². The smallest absolute Gasteiger partial charge is 0.414 e. The molecule has 0 spiro atoms. The average molecular weight is 364 g/mol. The van der Waals surface area contributed by atoms with Crippen LogP contribution < -0.4 is 9.80 Å².